The fraction of sp³-hybridized carbons (Fsp3) is 0.611. The standard InChI is InChI=1S/C18H28N2O3/c1-18(2,8-10-21)14-19-17(22)16-13-20(9-11-23-16)12-15-6-4-3-5-7-15/h3-7,16,21H,8-14H2,1-2H3,(H,19,22). The van der Waals surface area contributed by atoms with E-state index in [2.05, 4.69) is 22.3 Å². The lowest BCUT2D eigenvalue weighted by Crippen LogP contribution is -2.50. The number of rotatable bonds is 7. The number of aliphatic hydroxyl groups excluding tert-OH is 1. The zero-order valence-corrected chi connectivity index (χ0v) is 14.1. The molecule has 1 saturated heterocycles. The van der Waals surface area contributed by atoms with E-state index in [0.29, 0.717) is 26.1 Å². The Morgan fingerprint density at radius 3 is 2.83 bits per heavy atom. The number of carbonyl (C=O) groups is 1. The molecule has 0 spiro atoms. The minimum Gasteiger partial charge on any atom is -0.396 e. The molecule has 0 saturated carbocycles. The van der Waals surface area contributed by atoms with Gasteiger partial charge in [-0.15, -0.1) is 0 Å². The lowest BCUT2D eigenvalue weighted by Gasteiger charge is -2.33. The number of ether oxygens (including phenoxy) is 1. The number of hydrogen-bond donors (Lipinski definition) is 2. The first-order valence-corrected chi connectivity index (χ1v) is 8.27. The number of morpholine rings is 1. The second-order valence-corrected chi connectivity index (χ2v) is 6.94. The Bertz CT molecular complexity index is 490. The first kappa shape index (κ1) is 17.9. The van der Waals surface area contributed by atoms with Crippen LogP contribution in [0.15, 0.2) is 30.3 Å². The predicted molar refractivity (Wildman–Crippen MR) is 90.0 cm³/mol. The number of carbonyl (C=O) groups excluding carboxylic acids is 1. The van der Waals surface area contributed by atoms with Gasteiger partial charge in [0.1, 0.15) is 6.10 Å². The molecule has 1 amide bonds. The summed E-state index contributed by atoms with van der Waals surface area (Å²) < 4.78 is 5.63. The van der Waals surface area contributed by atoms with Crippen molar-refractivity contribution in [2.45, 2.75) is 32.9 Å². The topological polar surface area (TPSA) is 61.8 Å². The van der Waals surface area contributed by atoms with Crippen LogP contribution in [0.2, 0.25) is 0 Å². The Kier molecular flexibility index (Phi) is 6.57. The van der Waals surface area contributed by atoms with E-state index in [4.69, 9.17) is 9.84 Å². The van der Waals surface area contributed by atoms with Gasteiger partial charge >= 0.3 is 0 Å². The second kappa shape index (κ2) is 8.43. The van der Waals surface area contributed by atoms with E-state index in [1.807, 2.05) is 32.0 Å². The van der Waals surface area contributed by atoms with Gasteiger partial charge in [-0.3, -0.25) is 9.69 Å². The number of nitrogens with zero attached hydrogens (tertiary/aromatic N) is 1. The molecule has 128 valence electrons. The summed E-state index contributed by atoms with van der Waals surface area (Å²) in [5.74, 6) is -0.0613. The van der Waals surface area contributed by atoms with Crippen molar-refractivity contribution >= 4 is 5.91 Å². The molecule has 1 aromatic carbocycles. The summed E-state index contributed by atoms with van der Waals surface area (Å²) in [5, 5.41) is 12.0. The van der Waals surface area contributed by atoms with Gasteiger partial charge in [0.25, 0.3) is 0 Å². The average Bonchev–Trinajstić information content (AvgIpc) is 2.54. The number of aliphatic hydroxyl groups is 1. The number of nitrogens with one attached hydrogen (secondary N) is 1. The molecule has 23 heavy (non-hydrogen) atoms. The summed E-state index contributed by atoms with van der Waals surface area (Å²) in [6, 6.07) is 10.3. The van der Waals surface area contributed by atoms with Crippen LogP contribution in [0, 0.1) is 5.41 Å². The summed E-state index contributed by atoms with van der Waals surface area (Å²) in [5.41, 5.74) is 1.14. The van der Waals surface area contributed by atoms with Gasteiger partial charge in [-0.05, 0) is 17.4 Å². The molecule has 1 atom stereocenters. The van der Waals surface area contributed by atoms with Gasteiger partial charge in [0.05, 0.1) is 6.61 Å². The molecule has 5 nitrogen and oxygen atoms in total. The highest BCUT2D eigenvalue weighted by Crippen LogP contribution is 2.18. The molecule has 1 aromatic rings. The van der Waals surface area contributed by atoms with E-state index in [1.54, 1.807) is 0 Å². The van der Waals surface area contributed by atoms with Crippen LogP contribution in [0.25, 0.3) is 0 Å². The van der Waals surface area contributed by atoms with Crippen LogP contribution in [-0.4, -0.2) is 54.9 Å². The van der Waals surface area contributed by atoms with Crippen molar-refractivity contribution in [3.8, 4) is 0 Å². The van der Waals surface area contributed by atoms with Gasteiger partial charge < -0.3 is 15.2 Å². The normalized spacial score (nSPS) is 19.5. The summed E-state index contributed by atoms with van der Waals surface area (Å²) in [6.45, 7) is 7.61. The van der Waals surface area contributed by atoms with Crippen LogP contribution in [0.1, 0.15) is 25.8 Å². The Morgan fingerprint density at radius 2 is 2.13 bits per heavy atom. The van der Waals surface area contributed by atoms with Crippen molar-refractivity contribution in [1.29, 1.82) is 0 Å². The summed E-state index contributed by atoms with van der Waals surface area (Å²) in [4.78, 5) is 14.6. The zero-order valence-electron chi connectivity index (χ0n) is 14.1. The van der Waals surface area contributed by atoms with Crippen molar-refractivity contribution in [3.05, 3.63) is 35.9 Å². The molecule has 2 N–H and O–H groups in total. The third kappa shape index (κ3) is 5.94. The quantitative estimate of drug-likeness (QED) is 0.797. The maximum absolute atomic E-state index is 12.3. The zero-order chi connectivity index (χ0) is 16.7. The molecule has 1 aliphatic rings. The van der Waals surface area contributed by atoms with Crippen molar-refractivity contribution in [1.82, 2.24) is 10.2 Å². The maximum atomic E-state index is 12.3. The minimum atomic E-state index is -0.419. The molecule has 2 rings (SSSR count). The molecule has 5 heteroatoms. The third-order valence-corrected chi connectivity index (χ3v) is 4.22. The molecule has 1 aliphatic heterocycles. The maximum Gasteiger partial charge on any atom is 0.250 e. The lowest BCUT2D eigenvalue weighted by atomic mass is 9.89. The molecular formula is C18H28N2O3. The van der Waals surface area contributed by atoms with Crippen LogP contribution in [0.5, 0.6) is 0 Å². The predicted octanol–water partition coefficient (Wildman–Crippen LogP) is 1.41. The Hall–Kier alpha value is -1.43. The summed E-state index contributed by atoms with van der Waals surface area (Å²) >= 11 is 0. The van der Waals surface area contributed by atoms with Gasteiger partial charge in [0.15, 0.2) is 0 Å². The molecule has 1 fully saturated rings. The molecule has 1 unspecified atom stereocenters. The van der Waals surface area contributed by atoms with Gasteiger partial charge in [0, 0.05) is 32.8 Å². The van der Waals surface area contributed by atoms with Crippen molar-refractivity contribution in [2.24, 2.45) is 5.41 Å². The fourth-order valence-corrected chi connectivity index (χ4v) is 2.68. The van der Waals surface area contributed by atoms with E-state index in [1.165, 1.54) is 5.56 Å². The Morgan fingerprint density at radius 1 is 1.39 bits per heavy atom. The van der Waals surface area contributed by atoms with Gasteiger partial charge in [-0.25, -0.2) is 0 Å². The SMILES string of the molecule is CC(C)(CCO)CNC(=O)C1CN(Cc2ccccc2)CCO1. The minimum absolute atomic E-state index is 0.0613. The third-order valence-electron chi connectivity index (χ3n) is 4.22. The molecule has 0 bridgehead atoms. The monoisotopic (exact) mass is 320 g/mol. The summed E-state index contributed by atoms with van der Waals surface area (Å²) in [7, 11) is 0. The number of amides is 1. The molecular weight excluding hydrogens is 292 g/mol. The first-order chi connectivity index (χ1) is 11.0. The van der Waals surface area contributed by atoms with E-state index >= 15 is 0 Å². The van der Waals surface area contributed by atoms with Crippen LogP contribution in [-0.2, 0) is 16.1 Å². The van der Waals surface area contributed by atoms with Crippen LogP contribution in [0.4, 0.5) is 0 Å². The van der Waals surface area contributed by atoms with Gasteiger partial charge in [-0.2, -0.15) is 0 Å². The Labute approximate surface area is 138 Å². The van der Waals surface area contributed by atoms with Crippen molar-refractivity contribution in [3.63, 3.8) is 0 Å². The van der Waals surface area contributed by atoms with E-state index in [-0.39, 0.29) is 17.9 Å². The van der Waals surface area contributed by atoms with E-state index in [9.17, 15) is 4.79 Å². The first-order valence-electron chi connectivity index (χ1n) is 8.27. The van der Waals surface area contributed by atoms with Gasteiger partial charge in [0.2, 0.25) is 5.91 Å². The highest BCUT2D eigenvalue weighted by atomic mass is 16.5. The largest absolute Gasteiger partial charge is 0.396 e. The van der Waals surface area contributed by atoms with Crippen LogP contribution in [0.3, 0.4) is 0 Å². The molecule has 0 aromatic heterocycles. The molecule has 1 heterocycles. The Balaban J connectivity index is 1.82. The van der Waals surface area contributed by atoms with Crippen LogP contribution < -0.4 is 5.32 Å². The smallest absolute Gasteiger partial charge is 0.250 e. The van der Waals surface area contributed by atoms with Crippen LogP contribution >= 0.6 is 0 Å². The van der Waals surface area contributed by atoms with E-state index < -0.39 is 6.10 Å². The fourth-order valence-electron chi connectivity index (χ4n) is 2.68. The van der Waals surface area contributed by atoms with E-state index in [0.717, 1.165) is 13.1 Å². The van der Waals surface area contributed by atoms with Crippen molar-refractivity contribution in [2.75, 3.05) is 32.8 Å². The van der Waals surface area contributed by atoms with Gasteiger partial charge in [-0.1, -0.05) is 44.2 Å². The van der Waals surface area contributed by atoms with Crippen molar-refractivity contribution < 1.29 is 14.6 Å². The number of benzene rings is 1. The highest BCUT2D eigenvalue weighted by molar-refractivity contribution is 5.81. The number of hydrogen-bond acceptors (Lipinski definition) is 4. The lowest BCUT2D eigenvalue weighted by molar-refractivity contribution is -0.139. The second-order valence-electron chi connectivity index (χ2n) is 6.94. The average molecular weight is 320 g/mol. The summed E-state index contributed by atoms with van der Waals surface area (Å²) in [6.07, 6.45) is 0.247. The highest BCUT2D eigenvalue weighted by Gasteiger charge is 2.28. The molecule has 0 aliphatic carbocycles. The molecule has 0 radical (unpaired) electrons.